The molecule has 3 heteroatoms. The number of ketones is 1. The van der Waals surface area contributed by atoms with Gasteiger partial charge in [-0.3, -0.25) is 4.79 Å². The maximum Gasteiger partial charge on any atom is 0.176 e. The van der Waals surface area contributed by atoms with Crippen LogP contribution in [0, 0.1) is 5.82 Å². The summed E-state index contributed by atoms with van der Waals surface area (Å²) in [7, 11) is 0. The Bertz CT molecular complexity index is 347. The second-order valence-electron chi connectivity index (χ2n) is 3.51. The number of nitrogens with two attached hydrogens (primary N) is 1. The smallest absolute Gasteiger partial charge is 0.176 e. The van der Waals surface area contributed by atoms with Gasteiger partial charge in [0.1, 0.15) is 5.82 Å². The first-order valence-electron chi connectivity index (χ1n) is 4.59. The van der Waals surface area contributed by atoms with Gasteiger partial charge in [-0.1, -0.05) is 19.9 Å². The van der Waals surface area contributed by atoms with Crippen molar-refractivity contribution in [2.24, 2.45) is 5.73 Å². The lowest BCUT2D eigenvalue weighted by Crippen LogP contribution is -2.16. The summed E-state index contributed by atoms with van der Waals surface area (Å²) in [4.78, 5) is 11.4. The zero-order chi connectivity index (χ0) is 10.7. The van der Waals surface area contributed by atoms with Crippen molar-refractivity contribution >= 4 is 5.78 Å². The number of halogens is 1. The van der Waals surface area contributed by atoms with Crippen molar-refractivity contribution in [3.63, 3.8) is 0 Å². The lowest BCUT2D eigenvalue weighted by atomic mass is 9.94. The maximum absolute atomic E-state index is 12.9. The minimum Gasteiger partial charge on any atom is -0.324 e. The number of carbonyl (C=O) groups is 1. The summed E-state index contributed by atoms with van der Waals surface area (Å²) >= 11 is 0. The molecule has 0 radical (unpaired) electrons. The minimum absolute atomic E-state index is 0.0802. The van der Waals surface area contributed by atoms with Crippen molar-refractivity contribution in [3.8, 4) is 0 Å². The Labute approximate surface area is 82.9 Å². The van der Waals surface area contributed by atoms with E-state index in [1.54, 1.807) is 6.07 Å². The van der Waals surface area contributed by atoms with Crippen LogP contribution in [0.5, 0.6) is 0 Å². The number of hydrogen-bond donors (Lipinski definition) is 1. The van der Waals surface area contributed by atoms with Crippen molar-refractivity contribution in [2.45, 2.75) is 19.8 Å². The van der Waals surface area contributed by atoms with Gasteiger partial charge >= 0.3 is 0 Å². The Hall–Kier alpha value is -1.22. The molecule has 0 unspecified atom stereocenters. The Morgan fingerprint density at radius 1 is 1.50 bits per heavy atom. The fourth-order valence-corrected chi connectivity index (χ4v) is 1.38. The van der Waals surface area contributed by atoms with Gasteiger partial charge in [0.25, 0.3) is 0 Å². The summed E-state index contributed by atoms with van der Waals surface area (Å²) in [6.45, 7) is 3.84. The maximum atomic E-state index is 12.9. The molecule has 0 aromatic heterocycles. The average molecular weight is 195 g/mol. The SMILES string of the molecule is CC(C)c1ccc(F)cc1C(=O)CN. The van der Waals surface area contributed by atoms with E-state index in [-0.39, 0.29) is 18.2 Å². The Morgan fingerprint density at radius 2 is 2.14 bits per heavy atom. The Kier molecular flexibility index (Phi) is 3.36. The van der Waals surface area contributed by atoms with Crippen molar-refractivity contribution in [1.29, 1.82) is 0 Å². The molecular weight excluding hydrogens is 181 g/mol. The summed E-state index contributed by atoms with van der Waals surface area (Å²) in [5.41, 5.74) is 6.51. The lowest BCUT2D eigenvalue weighted by molar-refractivity contribution is 0.0999. The summed E-state index contributed by atoms with van der Waals surface area (Å²) in [5.74, 6) is -0.416. The third-order valence-electron chi connectivity index (χ3n) is 2.12. The zero-order valence-corrected chi connectivity index (χ0v) is 8.38. The highest BCUT2D eigenvalue weighted by atomic mass is 19.1. The van der Waals surface area contributed by atoms with Gasteiger partial charge in [0.15, 0.2) is 5.78 Å². The van der Waals surface area contributed by atoms with Gasteiger partial charge < -0.3 is 5.73 Å². The van der Waals surface area contributed by atoms with Crippen molar-refractivity contribution < 1.29 is 9.18 Å². The van der Waals surface area contributed by atoms with E-state index in [0.717, 1.165) is 5.56 Å². The molecule has 2 nitrogen and oxygen atoms in total. The van der Waals surface area contributed by atoms with Crippen LogP contribution in [0.1, 0.15) is 35.7 Å². The molecule has 14 heavy (non-hydrogen) atoms. The average Bonchev–Trinajstić information content (AvgIpc) is 2.16. The molecule has 0 fully saturated rings. The quantitative estimate of drug-likeness (QED) is 0.750. The first-order valence-corrected chi connectivity index (χ1v) is 4.59. The van der Waals surface area contributed by atoms with Crippen LogP contribution < -0.4 is 5.73 Å². The summed E-state index contributed by atoms with van der Waals surface area (Å²) in [5, 5.41) is 0. The normalized spacial score (nSPS) is 10.6. The number of benzene rings is 1. The van der Waals surface area contributed by atoms with Crippen LogP contribution in [0.2, 0.25) is 0 Å². The number of Topliss-reactive ketones (excluding diaryl/α,β-unsaturated/α-hetero) is 1. The van der Waals surface area contributed by atoms with E-state index in [9.17, 15) is 9.18 Å². The van der Waals surface area contributed by atoms with Gasteiger partial charge in [-0.25, -0.2) is 4.39 Å². The van der Waals surface area contributed by atoms with Gasteiger partial charge in [0, 0.05) is 5.56 Å². The van der Waals surface area contributed by atoms with E-state index < -0.39 is 5.82 Å². The van der Waals surface area contributed by atoms with Gasteiger partial charge in [0.2, 0.25) is 0 Å². The Morgan fingerprint density at radius 3 is 2.64 bits per heavy atom. The first-order chi connectivity index (χ1) is 6.56. The topological polar surface area (TPSA) is 43.1 Å². The fraction of sp³-hybridized carbons (Fsp3) is 0.364. The number of carbonyl (C=O) groups excluding carboxylic acids is 1. The van der Waals surface area contributed by atoms with Crippen LogP contribution >= 0.6 is 0 Å². The molecule has 1 aromatic rings. The molecule has 0 aliphatic rings. The summed E-state index contributed by atoms with van der Waals surface area (Å²) in [6.07, 6.45) is 0. The molecule has 0 bridgehead atoms. The monoisotopic (exact) mass is 195 g/mol. The third-order valence-corrected chi connectivity index (χ3v) is 2.12. The molecule has 0 spiro atoms. The fourth-order valence-electron chi connectivity index (χ4n) is 1.38. The molecular formula is C11H14FNO. The zero-order valence-electron chi connectivity index (χ0n) is 8.38. The van der Waals surface area contributed by atoms with E-state index in [2.05, 4.69) is 0 Å². The number of hydrogen-bond acceptors (Lipinski definition) is 2. The summed E-state index contributed by atoms with van der Waals surface area (Å²) < 4.78 is 12.9. The molecule has 1 aromatic carbocycles. The van der Waals surface area contributed by atoms with Crippen LogP contribution in [0.15, 0.2) is 18.2 Å². The van der Waals surface area contributed by atoms with Crippen LogP contribution in [0.25, 0.3) is 0 Å². The van der Waals surface area contributed by atoms with Crippen LogP contribution in [0.4, 0.5) is 4.39 Å². The molecule has 0 aliphatic heterocycles. The van der Waals surface area contributed by atoms with E-state index in [1.807, 2.05) is 13.8 Å². The van der Waals surface area contributed by atoms with Crippen molar-refractivity contribution in [2.75, 3.05) is 6.54 Å². The molecule has 0 amide bonds. The molecule has 2 N–H and O–H groups in total. The van der Waals surface area contributed by atoms with E-state index in [0.29, 0.717) is 5.56 Å². The molecule has 0 atom stereocenters. The van der Waals surface area contributed by atoms with Crippen molar-refractivity contribution in [3.05, 3.63) is 35.1 Å². The minimum atomic E-state index is -0.397. The van der Waals surface area contributed by atoms with Gasteiger partial charge in [-0.15, -0.1) is 0 Å². The molecule has 0 saturated carbocycles. The predicted octanol–water partition coefficient (Wildman–Crippen LogP) is 2.09. The number of rotatable bonds is 3. The molecule has 76 valence electrons. The highest BCUT2D eigenvalue weighted by Crippen LogP contribution is 2.20. The lowest BCUT2D eigenvalue weighted by Gasteiger charge is -2.10. The molecule has 0 saturated heterocycles. The van der Waals surface area contributed by atoms with Crippen LogP contribution in [-0.2, 0) is 0 Å². The molecule has 0 aliphatic carbocycles. The van der Waals surface area contributed by atoms with E-state index in [4.69, 9.17) is 5.73 Å². The second-order valence-corrected chi connectivity index (χ2v) is 3.51. The standard InChI is InChI=1S/C11H14FNO/c1-7(2)9-4-3-8(12)5-10(9)11(14)6-13/h3-5,7H,6,13H2,1-2H3. The highest BCUT2D eigenvalue weighted by molar-refractivity contribution is 5.99. The van der Waals surface area contributed by atoms with Gasteiger partial charge in [0.05, 0.1) is 6.54 Å². The molecule has 1 rings (SSSR count). The first kappa shape index (κ1) is 10.9. The van der Waals surface area contributed by atoms with E-state index in [1.165, 1.54) is 12.1 Å². The highest BCUT2D eigenvalue weighted by Gasteiger charge is 2.13. The largest absolute Gasteiger partial charge is 0.324 e. The van der Waals surface area contributed by atoms with E-state index >= 15 is 0 Å². The summed E-state index contributed by atoms with van der Waals surface area (Å²) in [6, 6.07) is 4.26. The Balaban J connectivity index is 3.22. The second kappa shape index (κ2) is 4.33. The van der Waals surface area contributed by atoms with Crippen molar-refractivity contribution in [1.82, 2.24) is 0 Å². The third kappa shape index (κ3) is 2.17. The van der Waals surface area contributed by atoms with Gasteiger partial charge in [-0.2, -0.15) is 0 Å². The predicted molar refractivity (Wildman–Crippen MR) is 53.9 cm³/mol. The van der Waals surface area contributed by atoms with Crippen LogP contribution in [0.3, 0.4) is 0 Å². The van der Waals surface area contributed by atoms with Crippen LogP contribution in [-0.4, -0.2) is 12.3 Å². The molecule has 0 heterocycles. The van der Waals surface area contributed by atoms with Gasteiger partial charge in [-0.05, 0) is 23.6 Å².